The first kappa shape index (κ1) is 22.9. The van der Waals surface area contributed by atoms with Crippen LogP contribution < -0.4 is 10.1 Å². The molecule has 1 amide bonds. The Labute approximate surface area is 194 Å². The summed E-state index contributed by atoms with van der Waals surface area (Å²) in [6.07, 6.45) is 5.63. The van der Waals surface area contributed by atoms with E-state index < -0.39 is 0 Å². The van der Waals surface area contributed by atoms with Crippen molar-refractivity contribution in [3.8, 4) is 17.0 Å². The molecule has 1 aliphatic rings. The molecule has 1 aromatic heterocycles. The van der Waals surface area contributed by atoms with Crippen molar-refractivity contribution in [2.24, 2.45) is 0 Å². The highest BCUT2D eigenvalue weighted by atomic mass is 19.1. The molecule has 6 heteroatoms. The number of likely N-dealkylation sites (tertiary alicyclic amines) is 1. The molecular formula is C27H30FN3O2. The number of aryl methyl sites for hydroxylation is 1. The predicted molar refractivity (Wildman–Crippen MR) is 128 cm³/mol. The fraction of sp³-hybridized carbons (Fsp3) is 0.333. The van der Waals surface area contributed by atoms with E-state index in [0.29, 0.717) is 16.8 Å². The maximum atomic E-state index is 13.4. The number of carbonyl (C=O) groups is 1. The molecule has 172 valence electrons. The van der Waals surface area contributed by atoms with Crippen LogP contribution >= 0.6 is 0 Å². The Hall–Kier alpha value is -3.25. The maximum Gasteiger partial charge on any atom is 0.253 e. The molecule has 0 atom stereocenters. The minimum atomic E-state index is -0.303. The number of carbonyl (C=O) groups excluding carboxylic acids is 1. The molecular weight excluding hydrogens is 417 g/mol. The number of piperidine rings is 1. The molecule has 1 fully saturated rings. The van der Waals surface area contributed by atoms with Crippen molar-refractivity contribution in [2.45, 2.75) is 31.7 Å². The zero-order valence-electron chi connectivity index (χ0n) is 19.0. The van der Waals surface area contributed by atoms with Gasteiger partial charge in [-0.2, -0.15) is 0 Å². The molecule has 2 aromatic carbocycles. The summed E-state index contributed by atoms with van der Waals surface area (Å²) in [4.78, 5) is 19.5. The van der Waals surface area contributed by atoms with Crippen molar-refractivity contribution in [1.29, 1.82) is 0 Å². The lowest BCUT2D eigenvalue weighted by Crippen LogP contribution is -2.44. The summed E-state index contributed by atoms with van der Waals surface area (Å²) in [5, 5.41) is 3.14. The highest BCUT2D eigenvalue weighted by Gasteiger charge is 2.21. The van der Waals surface area contributed by atoms with E-state index in [9.17, 15) is 9.18 Å². The van der Waals surface area contributed by atoms with E-state index >= 15 is 0 Å². The van der Waals surface area contributed by atoms with E-state index in [0.717, 1.165) is 51.1 Å². The number of aromatic nitrogens is 1. The monoisotopic (exact) mass is 447 g/mol. The largest absolute Gasteiger partial charge is 0.497 e. The summed E-state index contributed by atoms with van der Waals surface area (Å²) in [5.74, 6) is 0.482. The Morgan fingerprint density at radius 2 is 1.91 bits per heavy atom. The Bertz CT molecular complexity index is 1050. The number of ether oxygens (including phenoxy) is 1. The van der Waals surface area contributed by atoms with Gasteiger partial charge in [0.1, 0.15) is 11.6 Å². The Kier molecular flexibility index (Phi) is 7.68. The minimum Gasteiger partial charge on any atom is -0.497 e. The van der Waals surface area contributed by atoms with Crippen molar-refractivity contribution in [3.63, 3.8) is 0 Å². The highest BCUT2D eigenvalue weighted by Crippen LogP contribution is 2.19. The van der Waals surface area contributed by atoms with Crippen LogP contribution in [0.1, 0.15) is 35.2 Å². The average Bonchev–Trinajstić information content (AvgIpc) is 2.85. The van der Waals surface area contributed by atoms with Crippen LogP contribution in [0.25, 0.3) is 11.3 Å². The number of nitrogens with zero attached hydrogens (tertiary/aromatic N) is 2. The number of pyridine rings is 1. The van der Waals surface area contributed by atoms with Gasteiger partial charge >= 0.3 is 0 Å². The highest BCUT2D eigenvalue weighted by molar-refractivity contribution is 5.94. The van der Waals surface area contributed by atoms with Gasteiger partial charge in [0.25, 0.3) is 5.91 Å². The number of halogens is 1. The van der Waals surface area contributed by atoms with Crippen LogP contribution in [0, 0.1) is 5.82 Å². The van der Waals surface area contributed by atoms with Gasteiger partial charge < -0.3 is 15.0 Å². The lowest BCUT2D eigenvalue weighted by molar-refractivity contribution is 0.0910. The minimum absolute atomic E-state index is 0.105. The zero-order valence-corrected chi connectivity index (χ0v) is 19.0. The average molecular weight is 448 g/mol. The third kappa shape index (κ3) is 6.39. The van der Waals surface area contributed by atoms with Gasteiger partial charge in [-0.25, -0.2) is 4.39 Å². The Balaban J connectivity index is 1.19. The van der Waals surface area contributed by atoms with Crippen LogP contribution in [-0.4, -0.2) is 48.6 Å². The molecule has 1 N–H and O–H groups in total. The van der Waals surface area contributed by atoms with Gasteiger partial charge in [-0.3, -0.25) is 9.78 Å². The fourth-order valence-corrected chi connectivity index (χ4v) is 4.22. The first-order valence-electron chi connectivity index (χ1n) is 11.5. The summed E-state index contributed by atoms with van der Waals surface area (Å²) in [7, 11) is 1.68. The molecule has 5 nitrogen and oxygen atoms in total. The number of amides is 1. The van der Waals surface area contributed by atoms with Crippen molar-refractivity contribution in [3.05, 3.63) is 83.8 Å². The maximum absolute atomic E-state index is 13.4. The molecule has 33 heavy (non-hydrogen) atoms. The van der Waals surface area contributed by atoms with Crippen molar-refractivity contribution < 1.29 is 13.9 Å². The standard InChI is InChI=1S/C27H30FN3O2/c1-33-25-10-7-20(8-11-25)4-3-15-31-16-13-24(14-17-31)30-27(32)22-9-12-26(29-19-22)21-5-2-6-23(28)18-21/h2,5-12,18-19,24H,3-4,13-17H2,1H3,(H,30,32). The number of rotatable bonds is 8. The van der Waals surface area contributed by atoms with Crippen molar-refractivity contribution in [2.75, 3.05) is 26.7 Å². The fourth-order valence-electron chi connectivity index (χ4n) is 4.22. The number of benzene rings is 2. The van der Waals surface area contributed by atoms with Gasteiger partial charge in [-0.05, 0) is 74.2 Å². The lowest BCUT2D eigenvalue weighted by Gasteiger charge is -2.32. The molecule has 1 saturated heterocycles. The molecule has 2 heterocycles. The molecule has 0 unspecified atom stereocenters. The number of hydrogen-bond donors (Lipinski definition) is 1. The van der Waals surface area contributed by atoms with Crippen LogP contribution in [0.5, 0.6) is 5.75 Å². The molecule has 1 aliphatic heterocycles. The van der Waals surface area contributed by atoms with E-state index in [2.05, 4.69) is 27.3 Å². The van der Waals surface area contributed by atoms with Crippen LogP contribution in [-0.2, 0) is 6.42 Å². The van der Waals surface area contributed by atoms with Crippen LogP contribution in [0.3, 0.4) is 0 Å². The van der Waals surface area contributed by atoms with Gasteiger partial charge in [0, 0.05) is 30.9 Å². The topological polar surface area (TPSA) is 54.5 Å². The summed E-state index contributed by atoms with van der Waals surface area (Å²) in [6.45, 7) is 3.05. The number of methoxy groups -OCH3 is 1. The van der Waals surface area contributed by atoms with Gasteiger partial charge in [0.05, 0.1) is 18.4 Å². The predicted octanol–water partition coefficient (Wildman–Crippen LogP) is 4.72. The molecule has 0 bridgehead atoms. The van der Waals surface area contributed by atoms with Gasteiger partial charge in [0.15, 0.2) is 0 Å². The summed E-state index contributed by atoms with van der Waals surface area (Å²) in [6, 6.07) is 18.2. The van der Waals surface area contributed by atoms with Crippen LogP contribution in [0.2, 0.25) is 0 Å². The second kappa shape index (κ2) is 11.1. The summed E-state index contributed by atoms with van der Waals surface area (Å²) in [5.41, 5.74) is 3.20. The Morgan fingerprint density at radius 3 is 2.58 bits per heavy atom. The molecule has 4 rings (SSSR count). The third-order valence-electron chi connectivity index (χ3n) is 6.17. The quantitative estimate of drug-likeness (QED) is 0.543. The van der Waals surface area contributed by atoms with E-state index in [1.165, 1.54) is 17.7 Å². The summed E-state index contributed by atoms with van der Waals surface area (Å²) < 4.78 is 18.6. The zero-order chi connectivity index (χ0) is 23.0. The number of nitrogens with one attached hydrogen (secondary N) is 1. The van der Waals surface area contributed by atoms with Gasteiger partial charge in [-0.15, -0.1) is 0 Å². The van der Waals surface area contributed by atoms with Gasteiger partial charge in [0.2, 0.25) is 0 Å². The van der Waals surface area contributed by atoms with E-state index in [1.807, 2.05) is 12.1 Å². The van der Waals surface area contributed by atoms with Crippen LogP contribution in [0.4, 0.5) is 4.39 Å². The molecule has 0 aliphatic carbocycles. The second-order valence-electron chi connectivity index (χ2n) is 8.48. The van der Waals surface area contributed by atoms with Crippen molar-refractivity contribution >= 4 is 5.91 Å². The second-order valence-corrected chi connectivity index (χ2v) is 8.48. The molecule has 0 spiro atoms. The first-order chi connectivity index (χ1) is 16.1. The number of hydrogen-bond acceptors (Lipinski definition) is 4. The lowest BCUT2D eigenvalue weighted by atomic mass is 10.0. The van der Waals surface area contributed by atoms with E-state index in [1.54, 1.807) is 37.6 Å². The smallest absolute Gasteiger partial charge is 0.253 e. The first-order valence-corrected chi connectivity index (χ1v) is 11.5. The Morgan fingerprint density at radius 1 is 1.12 bits per heavy atom. The van der Waals surface area contributed by atoms with Gasteiger partial charge in [-0.1, -0.05) is 24.3 Å². The van der Waals surface area contributed by atoms with E-state index in [4.69, 9.17) is 4.74 Å². The summed E-state index contributed by atoms with van der Waals surface area (Å²) >= 11 is 0. The van der Waals surface area contributed by atoms with Crippen molar-refractivity contribution in [1.82, 2.24) is 15.2 Å². The molecule has 0 saturated carbocycles. The van der Waals surface area contributed by atoms with Crippen LogP contribution in [0.15, 0.2) is 66.9 Å². The van der Waals surface area contributed by atoms with E-state index in [-0.39, 0.29) is 17.8 Å². The normalized spacial score (nSPS) is 14.7. The SMILES string of the molecule is COc1ccc(CCCN2CCC(NC(=O)c3ccc(-c4cccc(F)c4)nc3)CC2)cc1. The molecule has 3 aromatic rings. The molecule has 0 radical (unpaired) electrons. The third-order valence-corrected chi connectivity index (χ3v) is 6.17.